The minimum atomic E-state index is -0.761. The van der Waals surface area contributed by atoms with Crippen molar-refractivity contribution in [1.82, 2.24) is 5.32 Å². The second-order valence-electron chi connectivity index (χ2n) is 7.27. The summed E-state index contributed by atoms with van der Waals surface area (Å²) in [5.41, 5.74) is 5.29. The van der Waals surface area contributed by atoms with Crippen molar-refractivity contribution < 1.29 is 14.6 Å². The largest absolute Gasteiger partial charge is 0.494 e. The molecular weight excluding hydrogens is 386 g/mol. The molecule has 3 rings (SSSR count). The van der Waals surface area contributed by atoms with Gasteiger partial charge in [0.1, 0.15) is 5.75 Å². The van der Waals surface area contributed by atoms with Crippen LogP contribution in [0.4, 0.5) is 0 Å². The second kappa shape index (κ2) is 12.3. The van der Waals surface area contributed by atoms with Crippen LogP contribution < -0.4 is 10.1 Å². The van der Waals surface area contributed by atoms with Crippen molar-refractivity contribution in [2.75, 3.05) is 19.7 Å². The first-order valence-electron chi connectivity index (χ1n) is 10.1. The quantitative estimate of drug-likeness (QED) is 0.512. The fraction of sp³-hybridized carbons (Fsp3) is 0.375. The van der Waals surface area contributed by atoms with E-state index < -0.39 is 5.97 Å². The van der Waals surface area contributed by atoms with Crippen LogP contribution in [0.3, 0.4) is 0 Å². The monoisotopic (exact) mass is 415 g/mol. The highest BCUT2D eigenvalue weighted by molar-refractivity contribution is 5.85. The molecule has 0 aliphatic heterocycles. The molecule has 2 aromatic carbocycles. The van der Waals surface area contributed by atoms with Crippen molar-refractivity contribution in [3.8, 4) is 5.75 Å². The molecule has 29 heavy (non-hydrogen) atoms. The summed E-state index contributed by atoms with van der Waals surface area (Å²) in [5.74, 6) is 0.193. The number of unbranched alkanes of at least 4 members (excludes halogenated alkanes) is 1. The Morgan fingerprint density at radius 3 is 2.69 bits per heavy atom. The molecule has 0 amide bonds. The first-order valence-corrected chi connectivity index (χ1v) is 10.1. The molecule has 2 N–H and O–H groups in total. The molecule has 1 aliphatic rings. The Morgan fingerprint density at radius 1 is 1.07 bits per heavy atom. The second-order valence-corrected chi connectivity index (χ2v) is 7.27. The maximum absolute atomic E-state index is 10.6. The van der Waals surface area contributed by atoms with Gasteiger partial charge in [-0.2, -0.15) is 0 Å². The lowest BCUT2D eigenvalue weighted by atomic mass is 9.92. The van der Waals surface area contributed by atoms with E-state index in [0.29, 0.717) is 6.54 Å². The zero-order chi connectivity index (χ0) is 19.6. The number of ether oxygens (including phenoxy) is 1. The highest BCUT2D eigenvalue weighted by atomic mass is 35.5. The van der Waals surface area contributed by atoms with Crippen molar-refractivity contribution in [2.24, 2.45) is 0 Å². The Hall–Kier alpha value is -2.30. The maximum atomic E-state index is 10.6. The van der Waals surface area contributed by atoms with Crippen molar-refractivity contribution >= 4 is 24.5 Å². The third-order valence-electron chi connectivity index (χ3n) is 5.03. The lowest BCUT2D eigenvalue weighted by molar-refractivity contribution is -0.136. The van der Waals surface area contributed by atoms with Crippen LogP contribution in [0.5, 0.6) is 5.75 Å². The van der Waals surface area contributed by atoms with E-state index in [4.69, 9.17) is 9.84 Å². The van der Waals surface area contributed by atoms with E-state index in [1.165, 1.54) is 22.3 Å². The predicted molar refractivity (Wildman–Crippen MR) is 120 cm³/mol. The van der Waals surface area contributed by atoms with E-state index in [9.17, 15) is 4.79 Å². The topological polar surface area (TPSA) is 58.6 Å². The van der Waals surface area contributed by atoms with Gasteiger partial charge in [-0.3, -0.25) is 4.79 Å². The van der Waals surface area contributed by atoms with Crippen molar-refractivity contribution in [3.05, 3.63) is 70.8 Å². The van der Waals surface area contributed by atoms with E-state index in [1.54, 1.807) is 0 Å². The first kappa shape index (κ1) is 23.0. The zero-order valence-electron chi connectivity index (χ0n) is 16.7. The number of aryl methyl sites for hydroxylation is 2. The Bertz CT molecular complexity index is 805. The van der Waals surface area contributed by atoms with Gasteiger partial charge < -0.3 is 15.2 Å². The highest BCUT2D eigenvalue weighted by Gasteiger charge is 2.11. The fourth-order valence-corrected chi connectivity index (χ4v) is 3.47. The molecule has 0 fully saturated rings. The molecule has 0 bridgehead atoms. The molecule has 2 aromatic rings. The van der Waals surface area contributed by atoms with Gasteiger partial charge in [-0.15, -0.1) is 12.4 Å². The van der Waals surface area contributed by atoms with Crippen LogP contribution in [0.2, 0.25) is 0 Å². The SMILES string of the molecule is Cl.O=C(O)CCNCC1=Cc2ccc(OCCCCc3ccccc3)cc2CC1. The summed E-state index contributed by atoms with van der Waals surface area (Å²) >= 11 is 0. The number of carboxylic acids is 1. The van der Waals surface area contributed by atoms with Gasteiger partial charge in [0.05, 0.1) is 13.0 Å². The van der Waals surface area contributed by atoms with Crippen molar-refractivity contribution in [1.29, 1.82) is 0 Å². The molecule has 0 unspecified atom stereocenters. The summed E-state index contributed by atoms with van der Waals surface area (Å²) < 4.78 is 5.95. The van der Waals surface area contributed by atoms with Crippen LogP contribution in [0.1, 0.15) is 42.4 Å². The van der Waals surface area contributed by atoms with Crippen LogP contribution in [0, 0.1) is 0 Å². The van der Waals surface area contributed by atoms with Gasteiger partial charge in [0, 0.05) is 13.1 Å². The number of hydrogen-bond acceptors (Lipinski definition) is 3. The summed E-state index contributed by atoms with van der Waals surface area (Å²) in [5, 5.41) is 11.9. The van der Waals surface area contributed by atoms with Crippen LogP contribution in [0.15, 0.2) is 54.1 Å². The van der Waals surface area contributed by atoms with Crippen LogP contribution in [-0.2, 0) is 17.6 Å². The molecule has 0 saturated heterocycles. The van der Waals surface area contributed by atoms with E-state index in [-0.39, 0.29) is 18.8 Å². The van der Waals surface area contributed by atoms with Crippen LogP contribution in [-0.4, -0.2) is 30.8 Å². The molecule has 0 radical (unpaired) electrons. The zero-order valence-corrected chi connectivity index (χ0v) is 17.5. The van der Waals surface area contributed by atoms with E-state index in [0.717, 1.165) is 51.0 Å². The maximum Gasteiger partial charge on any atom is 0.304 e. The minimum Gasteiger partial charge on any atom is -0.494 e. The lowest BCUT2D eigenvalue weighted by Gasteiger charge is -2.18. The van der Waals surface area contributed by atoms with E-state index in [1.807, 2.05) is 6.07 Å². The molecule has 1 aliphatic carbocycles. The molecule has 0 atom stereocenters. The Labute approximate surface area is 179 Å². The smallest absolute Gasteiger partial charge is 0.304 e. The molecule has 0 spiro atoms. The summed E-state index contributed by atoms with van der Waals surface area (Å²) in [6.07, 6.45) is 7.68. The summed E-state index contributed by atoms with van der Waals surface area (Å²) in [7, 11) is 0. The fourth-order valence-electron chi connectivity index (χ4n) is 3.47. The van der Waals surface area contributed by atoms with Crippen molar-refractivity contribution in [3.63, 3.8) is 0 Å². The first-order chi connectivity index (χ1) is 13.7. The molecule has 5 heteroatoms. The number of aliphatic carboxylic acids is 1. The number of carbonyl (C=O) groups is 1. The van der Waals surface area contributed by atoms with E-state index in [2.05, 4.69) is 53.9 Å². The summed E-state index contributed by atoms with van der Waals surface area (Å²) in [4.78, 5) is 10.6. The minimum absolute atomic E-state index is 0. The van der Waals surface area contributed by atoms with Gasteiger partial charge in [-0.1, -0.05) is 48.0 Å². The van der Waals surface area contributed by atoms with Crippen LogP contribution in [0.25, 0.3) is 6.08 Å². The van der Waals surface area contributed by atoms with E-state index >= 15 is 0 Å². The molecule has 0 heterocycles. The normalized spacial score (nSPS) is 12.5. The molecule has 156 valence electrons. The molecular formula is C24H30ClNO3. The Morgan fingerprint density at radius 2 is 1.90 bits per heavy atom. The molecule has 0 saturated carbocycles. The number of benzene rings is 2. The average Bonchev–Trinajstić information content (AvgIpc) is 2.71. The van der Waals surface area contributed by atoms with Crippen LogP contribution >= 0.6 is 12.4 Å². The van der Waals surface area contributed by atoms with Gasteiger partial charge in [0.2, 0.25) is 0 Å². The van der Waals surface area contributed by atoms with Gasteiger partial charge in [-0.05, 0) is 60.9 Å². The average molecular weight is 416 g/mol. The number of rotatable bonds is 11. The highest BCUT2D eigenvalue weighted by Crippen LogP contribution is 2.27. The van der Waals surface area contributed by atoms with Gasteiger partial charge in [0.25, 0.3) is 0 Å². The standard InChI is InChI=1S/C24H29NO3.ClH/c26-24(27)13-14-25-18-20-9-10-22-17-23(12-11-21(22)16-20)28-15-5-4-8-19-6-2-1-3-7-19;/h1-3,6-7,11-12,16-17,25H,4-5,8-10,13-15,18H2,(H,26,27);1H. The number of nitrogens with one attached hydrogen (secondary N) is 1. The van der Waals surface area contributed by atoms with Gasteiger partial charge >= 0.3 is 5.97 Å². The number of halogens is 1. The van der Waals surface area contributed by atoms with Crippen molar-refractivity contribution in [2.45, 2.75) is 38.5 Å². The number of fused-ring (bicyclic) bond motifs is 1. The number of carboxylic acid groups (broad SMARTS) is 1. The molecule has 0 aromatic heterocycles. The third kappa shape index (κ3) is 7.92. The Balaban J connectivity index is 0.00000300. The predicted octanol–water partition coefficient (Wildman–Crippen LogP) is 4.90. The lowest BCUT2D eigenvalue weighted by Crippen LogP contribution is -2.21. The van der Waals surface area contributed by atoms with Gasteiger partial charge in [-0.25, -0.2) is 0 Å². The Kier molecular flexibility index (Phi) is 9.75. The summed E-state index contributed by atoms with van der Waals surface area (Å²) in [6, 6.07) is 16.9. The van der Waals surface area contributed by atoms with Gasteiger partial charge in [0.15, 0.2) is 0 Å². The molecule has 4 nitrogen and oxygen atoms in total. The number of hydrogen-bond donors (Lipinski definition) is 2. The third-order valence-corrected chi connectivity index (χ3v) is 5.03. The summed E-state index contributed by atoms with van der Waals surface area (Å²) in [6.45, 7) is 2.02.